The summed E-state index contributed by atoms with van der Waals surface area (Å²) in [6.45, 7) is 2.15. The molecule has 0 aromatic heterocycles. The quantitative estimate of drug-likeness (QED) is 0.713. The lowest BCUT2D eigenvalue weighted by Crippen LogP contribution is -1.97. The Labute approximate surface area is 75.8 Å². The Morgan fingerprint density at radius 3 is 2.91 bits per heavy atom. The Bertz CT molecular complexity index is 236. The van der Waals surface area contributed by atoms with Crippen LogP contribution in [0, 0.1) is 0 Å². The Kier molecular flexibility index (Phi) is 2.94. The standard InChI is InChI=1S/C9H12BrN/c1-2-7-3-4-8(10)6-9(11)5-7/h3-4,6H,2,5,11H2,1H3. The molecule has 2 N–H and O–H groups in total. The molecule has 0 spiro atoms. The van der Waals surface area contributed by atoms with Gasteiger partial charge in [-0.25, -0.2) is 0 Å². The van der Waals surface area contributed by atoms with E-state index in [-0.39, 0.29) is 0 Å². The zero-order valence-corrected chi connectivity index (χ0v) is 8.19. The molecule has 0 unspecified atom stereocenters. The highest BCUT2D eigenvalue weighted by atomic mass is 79.9. The van der Waals surface area contributed by atoms with Gasteiger partial charge in [0.1, 0.15) is 0 Å². The molecule has 1 aliphatic carbocycles. The van der Waals surface area contributed by atoms with E-state index in [1.165, 1.54) is 5.57 Å². The second-order valence-electron chi connectivity index (χ2n) is 2.63. The third kappa shape index (κ3) is 2.54. The molecule has 0 heterocycles. The molecule has 60 valence electrons. The van der Waals surface area contributed by atoms with Gasteiger partial charge in [0, 0.05) is 16.6 Å². The van der Waals surface area contributed by atoms with Crippen LogP contribution in [0.4, 0.5) is 0 Å². The molecule has 0 atom stereocenters. The summed E-state index contributed by atoms with van der Waals surface area (Å²) in [5.41, 5.74) is 8.05. The van der Waals surface area contributed by atoms with Gasteiger partial charge in [0.15, 0.2) is 0 Å². The molecule has 0 amide bonds. The predicted molar refractivity (Wildman–Crippen MR) is 52.3 cm³/mol. The van der Waals surface area contributed by atoms with Gasteiger partial charge < -0.3 is 5.73 Å². The second kappa shape index (κ2) is 3.77. The maximum atomic E-state index is 5.74. The van der Waals surface area contributed by atoms with Gasteiger partial charge >= 0.3 is 0 Å². The van der Waals surface area contributed by atoms with Crippen molar-refractivity contribution in [1.29, 1.82) is 0 Å². The van der Waals surface area contributed by atoms with Crippen molar-refractivity contribution in [2.45, 2.75) is 19.8 Å². The van der Waals surface area contributed by atoms with Crippen LogP contribution in [0.1, 0.15) is 19.8 Å². The minimum atomic E-state index is 0.905. The SMILES string of the molecule is CCC1=CC=C(Br)C=C(N)C1. The summed E-state index contributed by atoms with van der Waals surface area (Å²) in [6.07, 6.45) is 8.10. The van der Waals surface area contributed by atoms with E-state index < -0.39 is 0 Å². The average Bonchev–Trinajstić information content (AvgIpc) is 2.11. The first-order chi connectivity index (χ1) is 5.22. The normalized spacial score (nSPS) is 18.2. The van der Waals surface area contributed by atoms with Crippen LogP contribution in [-0.4, -0.2) is 0 Å². The highest BCUT2D eigenvalue weighted by molar-refractivity contribution is 9.11. The fraction of sp³-hybridized carbons (Fsp3) is 0.333. The Balaban J connectivity index is 2.85. The van der Waals surface area contributed by atoms with Crippen molar-refractivity contribution in [3.8, 4) is 0 Å². The van der Waals surface area contributed by atoms with Crippen molar-refractivity contribution in [3.63, 3.8) is 0 Å². The van der Waals surface area contributed by atoms with E-state index in [0.717, 1.165) is 23.0 Å². The number of nitrogens with two attached hydrogens (primary N) is 1. The first-order valence-corrected chi connectivity index (χ1v) is 4.53. The third-order valence-corrected chi connectivity index (χ3v) is 2.18. The average molecular weight is 214 g/mol. The van der Waals surface area contributed by atoms with Gasteiger partial charge in [0.25, 0.3) is 0 Å². The van der Waals surface area contributed by atoms with Crippen molar-refractivity contribution < 1.29 is 0 Å². The number of rotatable bonds is 1. The highest BCUT2D eigenvalue weighted by Gasteiger charge is 2.00. The summed E-state index contributed by atoms with van der Waals surface area (Å²) in [6, 6.07) is 0. The fourth-order valence-electron chi connectivity index (χ4n) is 1.04. The van der Waals surface area contributed by atoms with Gasteiger partial charge in [0.2, 0.25) is 0 Å². The van der Waals surface area contributed by atoms with Crippen LogP contribution in [-0.2, 0) is 0 Å². The lowest BCUT2D eigenvalue weighted by atomic mass is 10.1. The van der Waals surface area contributed by atoms with Gasteiger partial charge in [0.05, 0.1) is 0 Å². The second-order valence-corrected chi connectivity index (χ2v) is 3.54. The fourth-order valence-corrected chi connectivity index (χ4v) is 1.46. The zero-order valence-electron chi connectivity index (χ0n) is 6.60. The highest BCUT2D eigenvalue weighted by Crippen LogP contribution is 2.19. The summed E-state index contributed by atoms with van der Waals surface area (Å²) >= 11 is 3.40. The van der Waals surface area contributed by atoms with Gasteiger partial charge in [-0.2, -0.15) is 0 Å². The van der Waals surface area contributed by atoms with Gasteiger partial charge in [-0.05, 0) is 18.6 Å². The van der Waals surface area contributed by atoms with Crippen LogP contribution < -0.4 is 5.73 Å². The monoisotopic (exact) mass is 213 g/mol. The van der Waals surface area contributed by atoms with Crippen LogP contribution in [0.5, 0.6) is 0 Å². The van der Waals surface area contributed by atoms with Gasteiger partial charge in [-0.3, -0.25) is 0 Å². The summed E-state index contributed by atoms with van der Waals surface area (Å²) in [7, 11) is 0. The lowest BCUT2D eigenvalue weighted by molar-refractivity contribution is 0.981. The molecule has 0 saturated carbocycles. The van der Waals surface area contributed by atoms with Crippen molar-refractivity contribution in [2.75, 3.05) is 0 Å². The molecule has 0 bridgehead atoms. The summed E-state index contributed by atoms with van der Waals surface area (Å²) in [5.74, 6) is 0. The molecule has 0 aromatic rings. The maximum Gasteiger partial charge on any atom is 0.0192 e. The van der Waals surface area contributed by atoms with Gasteiger partial charge in [-0.15, -0.1) is 0 Å². The Hall–Kier alpha value is -0.500. The van der Waals surface area contributed by atoms with Crippen LogP contribution >= 0.6 is 15.9 Å². The zero-order chi connectivity index (χ0) is 8.27. The minimum Gasteiger partial charge on any atom is -0.402 e. The molecule has 0 aromatic carbocycles. The first-order valence-electron chi connectivity index (χ1n) is 3.73. The molecule has 0 fully saturated rings. The van der Waals surface area contributed by atoms with Crippen LogP contribution in [0.15, 0.2) is 34.0 Å². The van der Waals surface area contributed by atoms with Crippen LogP contribution in [0.2, 0.25) is 0 Å². The largest absolute Gasteiger partial charge is 0.402 e. The molecule has 0 saturated heterocycles. The molecular formula is C9H12BrN. The molecule has 11 heavy (non-hydrogen) atoms. The topological polar surface area (TPSA) is 26.0 Å². The van der Waals surface area contributed by atoms with Crippen LogP contribution in [0.3, 0.4) is 0 Å². The lowest BCUT2D eigenvalue weighted by Gasteiger charge is -2.00. The van der Waals surface area contributed by atoms with Crippen molar-refractivity contribution in [3.05, 3.63) is 34.0 Å². The van der Waals surface area contributed by atoms with Crippen molar-refractivity contribution >= 4 is 15.9 Å². The molecule has 0 aliphatic heterocycles. The molecular weight excluding hydrogens is 202 g/mol. The number of hydrogen-bond acceptors (Lipinski definition) is 1. The van der Waals surface area contributed by atoms with Gasteiger partial charge in [-0.1, -0.05) is 34.5 Å². The molecule has 1 aliphatic rings. The summed E-state index contributed by atoms with van der Waals surface area (Å²) in [4.78, 5) is 0. The minimum absolute atomic E-state index is 0.905. The smallest absolute Gasteiger partial charge is 0.0192 e. The van der Waals surface area contributed by atoms with E-state index >= 15 is 0 Å². The summed E-state index contributed by atoms with van der Waals surface area (Å²) < 4.78 is 1.05. The third-order valence-electron chi connectivity index (χ3n) is 1.69. The van der Waals surface area contributed by atoms with E-state index in [0.29, 0.717) is 0 Å². The Morgan fingerprint density at radius 1 is 1.55 bits per heavy atom. The van der Waals surface area contributed by atoms with E-state index in [4.69, 9.17) is 5.73 Å². The summed E-state index contributed by atoms with van der Waals surface area (Å²) in [5, 5.41) is 0. The first kappa shape index (κ1) is 8.60. The van der Waals surface area contributed by atoms with E-state index in [1.54, 1.807) is 0 Å². The maximum absolute atomic E-state index is 5.74. The van der Waals surface area contributed by atoms with E-state index in [9.17, 15) is 0 Å². The number of hydrogen-bond donors (Lipinski definition) is 1. The van der Waals surface area contributed by atoms with E-state index in [1.807, 2.05) is 12.2 Å². The number of halogens is 1. The predicted octanol–water partition coefficient (Wildman–Crippen LogP) is 2.85. The molecule has 1 rings (SSSR count). The van der Waals surface area contributed by atoms with Crippen molar-refractivity contribution in [1.82, 2.24) is 0 Å². The molecule has 1 nitrogen and oxygen atoms in total. The molecule has 2 heteroatoms. The number of allylic oxidation sites excluding steroid dienone is 5. The molecule has 0 radical (unpaired) electrons. The van der Waals surface area contributed by atoms with Crippen molar-refractivity contribution in [2.24, 2.45) is 5.73 Å². The Morgan fingerprint density at radius 2 is 2.27 bits per heavy atom. The van der Waals surface area contributed by atoms with E-state index in [2.05, 4.69) is 28.9 Å². The van der Waals surface area contributed by atoms with Crippen LogP contribution in [0.25, 0.3) is 0 Å².